The second-order valence-electron chi connectivity index (χ2n) is 7.94. The van der Waals surface area contributed by atoms with E-state index in [0.29, 0.717) is 9.54 Å². The van der Waals surface area contributed by atoms with Gasteiger partial charge >= 0.3 is 172 Å². The van der Waals surface area contributed by atoms with E-state index in [0.717, 1.165) is 0 Å². The Morgan fingerprint density at radius 1 is 0.828 bits per heavy atom. The van der Waals surface area contributed by atoms with Crippen molar-refractivity contribution < 1.29 is 46.1 Å². The SMILES string of the molecule is CC1=C(C)C(C)[C](/[Zr+2](=[C](/C)c2ccccc2)[CH]2C=Cc3ccccc32)=C1C.[Cl-].[Cl-]. The maximum Gasteiger partial charge on any atom is -1.00 e. The predicted molar refractivity (Wildman–Crippen MR) is 115 cm³/mol. The smallest absolute Gasteiger partial charge is 1.00 e. The molecule has 2 aromatic carbocycles. The monoisotopic (exact) mass is 500 g/mol. The van der Waals surface area contributed by atoms with Crippen LogP contribution in [0.15, 0.2) is 80.7 Å². The van der Waals surface area contributed by atoms with Gasteiger partial charge in [0, 0.05) is 0 Å². The standard InChI is InChI=1S/C9H7.C9H13.C8H8.2ClH.Zr/c1-2-5-9-7-3-6-8(9)4-1;1-6-5-7(2)9(4)8(6)3;1-2-8-6-4-3-5-7-8;;;/h1-7H;6H,1-4H3;3-7H,1H3;2*1H;/q;;;;;+2/p-2. The Hall–Kier alpha value is -1.01. The summed E-state index contributed by atoms with van der Waals surface area (Å²) in [6, 6.07) is 20.1. The van der Waals surface area contributed by atoms with Crippen LogP contribution in [0.3, 0.4) is 0 Å². The van der Waals surface area contributed by atoms with Gasteiger partial charge in [-0.2, -0.15) is 0 Å². The van der Waals surface area contributed by atoms with Crippen LogP contribution in [-0.4, -0.2) is 3.21 Å². The van der Waals surface area contributed by atoms with Gasteiger partial charge in [-0.15, -0.1) is 0 Å². The van der Waals surface area contributed by atoms with Gasteiger partial charge in [0.05, 0.1) is 0 Å². The van der Waals surface area contributed by atoms with Crippen LogP contribution in [-0.2, 0) is 21.3 Å². The van der Waals surface area contributed by atoms with Crippen molar-refractivity contribution in [1.82, 2.24) is 0 Å². The zero-order valence-corrected chi connectivity index (χ0v) is 21.7. The molecule has 0 heterocycles. The topological polar surface area (TPSA) is 0 Å². The van der Waals surface area contributed by atoms with Gasteiger partial charge in [-0.05, 0) is 0 Å². The van der Waals surface area contributed by atoms with Crippen LogP contribution in [0.2, 0.25) is 0 Å². The molecule has 150 valence electrons. The van der Waals surface area contributed by atoms with Gasteiger partial charge < -0.3 is 24.8 Å². The molecule has 3 heteroatoms. The molecule has 0 saturated heterocycles. The zero-order valence-electron chi connectivity index (χ0n) is 17.8. The molecule has 0 aromatic heterocycles. The summed E-state index contributed by atoms with van der Waals surface area (Å²) in [4.78, 5) is 0. The van der Waals surface area contributed by atoms with E-state index < -0.39 is 21.3 Å². The summed E-state index contributed by atoms with van der Waals surface area (Å²) in [6.45, 7) is 11.9. The Balaban J connectivity index is 0.00000150. The van der Waals surface area contributed by atoms with E-state index in [-0.39, 0.29) is 24.8 Å². The van der Waals surface area contributed by atoms with Crippen molar-refractivity contribution in [2.24, 2.45) is 5.92 Å². The summed E-state index contributed by atoms with van der Waals surface area (Å²) in [5, 5.41) is 0. The minimum absolute atomic E-state index is 0. The molecule has 2 atom stereocenters. The van der Waals surface area contributed by atoms with Crippen LogP contribution >= 0.6 is 0 Å². The molecular formula is C26H28Cl2Zr. The van der Waals surface area contributed by atoms with Crippen molar-refractivity contribution in [3.8, 4) is 0 Å². The van der Waals surface area contributed by atoms with Crippen LogP contribution in [0.25, 0.3) is 6.08 Å². The van der Waals surface area contributed by atoms with Gasteiger partial charge in [-0.25, -0.2) is 0 Å². The third-order valence-corrected chi connectivity index (χ3v) is 15.5. The first-order valence-electron chi connectivity index (χ1n) is 9.93. The zero-order chi connectivity index (χ0) is 19.1. The van der Waals surface area contributed by atoms with Gasteiger partial charge in [-0.3, -0.25) is 0 Å². The average Bonchev–Trinajstić information content (AvgIpc) is 3.20. The molecule has 0 N–H and O–H groups in total. The maximum atomic E-state index is 2.52. The van der Waals surface area contributed by atoms with E-state index in [1.165, 1.54) is 16.7 Å². The summed E-state index contributed by atoms with van der Waals surface area (Å²) in [7, 11) is 0. The molecule has 4 rings (SSSR count). The first kappa shape index (κ1) is 24.3. The molecule has 0 aliphatic heterocycles. The number of fused-ring (bicyclic) bond motifs is 1. The molecule has 2 unspecified atom stereocenters. The molecule has 0 amide bonds. The molecule has 0 bridgehead atoms. The van der Waals surface area contributed by atoms with Crippen LogP contribution < -0.4 is 24.8 Å². The third kappa shape index (κ3) is 4.25. The second kappa shape index (κ2) is 9.87. The fourth-order valence-corrected chi connectivity index (χ4v) is 14.1. The number of benzene rings is 2. The molecular weight excluding hydrogens is 474 g/mol. The second-order valence-corrected chi connectivity index (χ2v) is 14.7. The molecule has 0 fully saturated rings. The summed E-state index contributed by atoms with van der Waals surface area (Å²) < 4.78 is 4.09. The summed E-state index contributed by atoms with van der Waals surface area (Å²) in [5.41, 5.74) is 9.12. The van der Waals surface area contributed by atoms with Crippen molar-refractivity contribution in [2.75, 3.05) is 0 Å². The fraction of sp³-hybridized carbons (Fsp3) is 0.269. The quantitative estimate of drug-likeness (QED) is 0.585. The molecule has 2 aromatic rings. The number of hydrogen-bond acceptors (Lipinski definition) is 0. The summed E-state index contributed by atoms with van der Waals surface area (Å²) in [6.07, 6.45) is 4.88. The summed E-state index contributed by atoms with van der Waals surface area (Å²) >= 11 is -2.18. The van der Waals surface area contributed by atoms with E-state index in [1.54, 1.807) is 23.2 Å². The van der Waals surface area contributed by atoms with Crippen molar-refractivity contribution in [2.45, 2.75) is 38.2 Å². The molecule has 0 saturated carbocycles. The fourth-order valence-electron chi connectivity index (χ4n) is 4.75. The number of halogens is 2. The van der Waals surface area contributed by atoms with E-state index in [4.69, 9.17) is 0 Å². The predicted octanol–water partition coefficient (Wildman–Crippen LogP) is 0.881. The van der Waals surface area contributed by atoms with E-state index >= 15 is 0 Å². The molecule has 0 spiro atoms. The van der Waals surface area contributed by atoms with Crippen LogP contribution in [0.1, 0.15) is 54.9 Å². The van der Waals surface area contributed by atoms with Crippen molar-refractivity contribution in [1.29, 1.82) is 0 Å². The molecule has 2 aliphatic carbocycles. The van der Waals surface area contributed by atoms with Crippen molar-refractivity contribution in [3.05, 3.63) is 97.4 Å². The van der Waals surface area contributed by atoms with Gasteiger partial charge in [0.25, 0.3) is 0 Å². The Morgan fingerprint density at radius 2 is 1.45 bits per heavy atom. The maximum absolute atomic E-state index is 2.52. The number of allylic oxidation sites excluding steroid dienone is 5. The number of hydrogen-bond donors (Lipinski definition) is 0. The Bertz CT molecular complexity index is 1030. The van der Waals surface area contributed by atoms with Gasteiger partial charge in [0.1, 0.15) is 0 Å². The van der Waals surface area contributed by atoms with Crippen LogP contribution in [0.4, 0.5) is 0 Å². The minimum Gasteiger partial charge on any atom is -1.00 e. The largest absolute Gasteiger partial charge is 1.00 e. The van der Waals surface area contributed by atoms with Gasteiger partial charge in [0.15, 0.2) is 0 Å². The van der Waals surface area contributed by atoms with Crippen LogP contribution in [0.5, 0.6) is 0 Å². The normalized spacial score (nSPS) is 20.2. The van der Waals surface area contributed by atoms with Gasteiger partial charge in [-0.1, -0.05) is 0 Å². The first-order chi connectivity index (χ1) is 13.0. The van der Waals surface area contributed by atoms with E-state index in [2.05, 4.69) is 101 Å². The molecule has 2 aliphatic rings. The molecule has 29 heavy (non-hydrogen) atoms. The Kier molecular flexibility index (Phi) is 8.26. The first-order valence-corrected chi connectivity index (χ1v) is 13.8. The third-order valence-electron chi connectivity index (χ3n) is 6.65. The van der Waals surface area contributed by atoms with E-state index in [9.17, 15) is 0 Å². The van der Waals surface area contributed by atoms with Crippen molar-refractivity contribution >= 4 is 9.28 Å². The van der Waals surface area contributed by atoms with Gasteiger partial charge in [0.2, 0.25) is 0 Å². The molecule has 0 nitrogen and oxygen atoms in total. The number of rotatable bonds is 3. The Labute approximate surface area is 195 Å². The van der Waals surface area contributed by atoms with E-state index in [1.807, 2.05) is 0 Å². The summed E-state index contributed by atoms with van der Waals surface area (Å²) in [5.74, 6) is 0.597. The minimum atomic E-state index is -2.18. The van der Waals surface area contributed by atoms with Crippen LogP contribution in [0, 0.1) is 5.92 Å². The Morgan fingerprint density at radius 3 is 2.07 bits per heavy atom. The van der Waals surface area contributed by atoms with Crippen molar-refractivity contribution in [3.63, 3.8) is 0 Å². The molecule has 0 radical (unpaired) electrons. The average molecular weight is 503 g/mol.